The van der Waals surface area contributed by atoms with Gasteiger partial charge in [0.15, 0.2) is 0 Å². The quantitative estimate of drug-likeness (QED) is 0.260. The van der Waals surface area contributed by atoms with Crippen molar-refractivity contribution in [2.75, 3.05) is 19.7 Å². The Kier molecular flexibility index (Phi) is 11.3. The summed E-state index contributed by atoms with van der Waals surface area (Å²) < 4.78 is 36.7. The molecule has 0 saturated carbocycles. The number of alkyl halides is 3. The van der Waals surface area contributed by atoms with E-state index in [0.29, 0.717) is 0 Å². The topological polar surface area (TPSA) is 154 Å². The van der Waals surface area contributed by atoms with E-state index in [2.05, 4.69) is 22.5 Å². The molecule has 4 N–H and O–H groups in total. The number of carbonyl (C=O) groups excluding carboxylic acids is 4. The van der Waals surface area contributed by atoms with E-state index >= 15 is 0 Å². The summed E-state index contributed by atoms with van der Waals surface area (Å²) in [5.41, 5.74) is 0.840. The first-order chi connectivity index (χ1) is 17.9. The van der Waals surface area contributed by atoms with Crippen LogP contribution in [0, 0.1) is 0 Å². The van der Waals surface area contributed by atoms with Crippen molar-refractivity contribution in [1.82, 2.24) is 20.9 Å². The Morgan fingerprint density at radius 3 is 2.42 bits per heavy atom. The average molecular weight is 543 g/mol. The number of nitrogens with zero attached hydrogens (tertiary/aromatic N) is 1. The summed E-state index contributed by atoms with van der Waals surface area (Å²) in [7, 11) is 0. The molecule has 0 bridgehead atoms. The van der Waals surface area contributed by atoms with Crippen molar-refractivity contribution in [2.24, 2.45) is 0 Å². The van der Waals surface area contributed by atoms with Crippen molar-refractivity contribution in [3.63, 3.8) is 0 Å². The highest BCUT2D eigenvalue weighted by Gasteiger charge is 2.42. The van der Waals surface area contributed by atoms with Crippen molar-refractivity contribution < 1.29 is 47.0 Å². The minimum Gasteiger partial charge on any atom is -0.475 e. The molecule has 0 aromatic heterocycles. The Labute approximate surface area is 216 Å². The van der Waals surface area contributed by atoms with Crippen LogP contribution in [0.3, 0.4) is 0 Å². The third kappa shape index (κ3) is 9.18. The zero-order chi connectivity index (χ0) is 28.3. The number of nitrogens with one attached hydrogen (secondary N) is 3. The number of carbonyl (C=O) groups is 5. The largest absolute Gasteiger partial charge is 0.490 e. The van der Waals surface area contributed by atoms with Gasteiger partial charge < -0.3 is 30.7 Å². The number of carboxylic acid groups (broad SMARTS) is 1. The van der Waals surface area contributed by atoms with Gasteiger partial charge in [0.05, 0.1) is 12.5 Å². The van der Waals surface area contributed by atoms with Crippen molar-refractivity contribution in [3.05, 3.63) is 48.6 Å². The standard InChI is InChI=1S/C22H28N4O5.C2HF3O2/c1-2-11-31-19(27)12-17-22(30)26(14-15-7-4-3-5-8-15)18(21(29)25-17)13-24-20(28)16-9-6-10-23-16;3-2(4,5)1(6)7/h2-5,7-8,16-18,23H,1,6,9-14H2,(H,24,28)(H,25,29);(H,6,7)/t16-,17-,18+;/m0./s1. The first-order valence-corrected chi connectivity index (χ1v) is 11.7. The molecule has 0 unspecified atom stereocenters. The van der Waals surface area contributed by atoms with E-state index in [9.17, 15) is 32.3 Å². The van der Waals surface area contributed by atoms with Gasteiger partial charge in [-0.3, -0.25) is 19.2 Å². The molecule has 2 fully saturated rings. The first kappa shape index (κ1) is 30.3. The van der Waals surface area contributed by atoms with Crippen molar-refractivity contribution in [1.29, 1.82) is 0 Å². The molecule has 0 radical (unpaired) electrons. The van der Waals surface area contributed by atoms with Gasteiger partial charge >= 0.3 is 18.1 Å². The fourth-order valence-electron chi connectivity index (χ4n) is 3.74. The van der Waals surface area contributed by atoms with Crippen LogP contribution in [0.25, 0.3) is 0 Å². The number of hydrogen-bond acceptors (Lipinski definition) is 7. The Balaban J connectivity index is 0.000000638. The maximum Gasteiger partial charge on any atom is 0.490 e. The number of ether oxygens (including phenoxy) is 1. The number of benzene rings is 1. The lowest BCUT2D eigenvalue weighted by molar-refractivity contribution is -0.192. The molecule has 2 heterocycles. The zero-order valence-corrected chi connectivity index (χ0v) is 20.3. The minimum absolute atomic E-state index is 0.00491. The van der Waals surface area contributed by atoms with E-state index < -0.39 is 42.0 Å². The summed E-state index contributed by atoms with van der Waals surface area (Å²) in [4.78, 5) is 60.7. The summed E-state index contributed by atoms with van der Waals surface area (Å²) in [5, 5.41) is 15.6. The molecule has 2 aliphatic rings. The fourth-order valence-corrected chi connectivity index (χ4v) is 3.74. The summed E-state index contributed by atoms with van der Waals surface area (Å²) >= 11 is 0. The van der Waals surface area contributed by atoms with Gasteiger partial charge in [0.25, 0.3) is 0 Å². The molecule has 0 spiro atoms. The smallest absolute Gasteiger partial charge is 0.475 e. The SMILES string of the molecule is C=CCOC(=O)C[C@@H]1NC(=O)[C@@H](CNC(=O)[C@@H]2CCCN2)N(Cc2ccccc2)C1=O.O=C(O)C(F)(F)F. The van der Waals surface area contributed by atoms with Crippen LogP contribution in [0.4, 0.5) is 13.2 Å². The van der Waals surface area contributed by atoms with Crippen LogP contribution in [0.15, 0.2) is 43.0 Å². The number of rotatable bonds is 9. The second kappa shape index (κ2) is 14.1. The highest BCUT2D eigenvalue weighted by atomic mass is 19.4. The average Bonchev–Trinajstić information content (AvgIpc) is 3.41. The van der Waals surface area contributed by atoms with Crippen LogP contribution in [0.5, 0.6) is 0 Å². The molecule has 2 aliphatic heterocycles. The van der Waals surface area contributed by atoms with Crippen molar-refractivity contribution in [3.8, 4) is 0 Å². The summed E-state index contributed by atoms with van der Waals surface area (Å²) in [6, 6.07) is 7.08. The van der Waals surface area contributed by atoms with Gasteiger partial charge in [-0.2, -0.15) is 13.2 Å². The lowest BCUT2D eigenvalue weighted by atomic mass is 10.0. The molecule has 3 rings (SSSR count). The summed E-state index contributed by atoms with van der Waals surface area (Å²) in [5.74, 6) is -4.36. The molecule has 0 aliphatic carbocycles. The molecule has 14 heteroatoms. The second-order valence-electron chi connectivity index (χ2n) is 8.40. The van der Waals surface area contributed by atoms with E-state index in [0.717, 1.165) is 24.9 Å². The van der Waals surface area contributed by atoms with Gasteiger partial charge in [-0.25, -0.2) is 4.79 Å². The molecule has 1 aromatic rings. The number of amides is 3. The van der Waals surface area contributed by atoms with Gasteiger partial charge in [0.2, 0.25) is 17.7 Å². The number of esters is 1. The second-order valence-corrected chi connectivity index (χ2v) is 8.40. The van der Waals surface area contributed by atoms with Crippen LogP contribution < -0.4 is 16.0 Å². The molecule has 11 nitrogen and oxygen atoms in total. The molecule has 38 heavy (non-hydrogen) atoms. The van der Waals surface area contributed by atoms with E-state index in [4.69, 9.17) is 14.6 Å². The van der Waals surface area contributed by atoms with Crippen molar-refractivity contribution in [2.45, 2.75) is 50.1 Å². The summed E-state index contributed by atoms with van der Waals surface area (Å²) in [6.07, 6.45) is -2.26. The van der Waals surface area contributed by atoms with Gasteiger partial charge in [0, 0.05) is 13.1 Å². The lowest BCUT2D eigenvalue weighted by Crippen LogP contribution is -2.66. The number of carboxylic acids is 1. The minimum atomic E-state index is -5.08. The maximum absolute atomic E-state index is 13.2. The van der Waals surface area contributed by atoms with Gasteiger partial charge in [0.1, 0.15) is 18.7 Å². The van der Waals surface area contributed by atoms with Gasteiger partial charge in [-0.1, -0.05) is 43.0 Å². The van der Waals surface area contributed by atoms with E-state index in [1.807, 2.05) is 30.3 Å². The third-order valence-corrected chi connectivity index (χ3v) is 5.59. The molecule has 3 amide bonds. The fraction of sp³-hybridized carbons (Fsp3) is 0.458. The summed E-state index contributed by atoms with van der Waals surface area (Å²) in [6.45, 7) is 4.48. The predicted octanol–water partition coefficient (Wildman–Crippen LogP) is 0.503. The molecular formula is C24H29F3N4O7. The lowest BCUT2D eigenvalue weighted by Gasteiger charge is -2.39. The van der Waals surface area contributed by atoms with E-state index in [-0.39, 0.29) is 38.1 Å². The highest BCUT2D eigenvalue weighted by molar-refractivity contribution is 5.99. The monoisotopic (exact) mass is 542 g/mol. The van der Waals surface area contributed by atoms with Gasteiger partial charge in [-0.05, 0) is 24.9 Å². The number of hydrogen-bond donors (Lipinski definition) is 4. The first-order valence-electron chi connectivity index (χ1n) is 11.7. The molecule has 208 valence electrons. The Bertz CT molecular complexity index is 1010. The maximum atomic E-state index is 13.2. The highest BCUT2D eigenvalue weighted by Crippen LogP contribution is 2.17. The zero-order valence-electron chi connectivity index (χ0n) is 20.3. The van der Waals surface area contributed by atoms with E-state index in [1.54, 1.807) is 0 Å². The number of piperazine rings is 1. The molecule has 2 saturated heterocycles. The Morgan fingerprint density at radius 1 is 1.21 bits per heavy atom. The van der Waals surface area contributed by atoms with Crippen LogP contribution in [0.2, 0.25) is 0 Å². The van der Waals surface area contributed by atoms with Crippen LogP contribution in [-0.2, 0) is 35.3 Å². The van der Waals surface area contributed by atoms with Crippen LogP contribution >= 0.6 is 0 Å². The normalized spacial score (nSPS) is 21.0. The predicted molar refractivity (Wildman–Crippen MR) is 126 cm³/mol. The Hall–Kier alpha value is -3.94. The molecular weight excluding hydrogens is 513 g/mol. The molecule has 1 aromatic carbocycles. The van der Waals surface area contributed by atoms with E-state index in [1.165, 1.54) is 11.0 Å². The third-order valence-electron chi connectivity index (χ3n) is 5.59. The van der Waals surface area contributed by atoms with Crippen molar-refractivity contribution >= 4 is 29.7 Å². The number of aliphatic carboxylic acids is 1. The number of halogens is 3. The van der Waals surface area contributed by atoms with Gasteiger partial charge in [-0.15, -0.1) is 0 Å². The van der Waals surface area contributed by atoms with Crippen LogP contribution in [0.1, 0.15) is 24.8 Å². The molecule has 3 atom stereocenters. The van der Waals surface area contributed by atoms with Crippen LogP contribution in [-0.4, -0.2) is 83.7 Å². The Morgan fingerprint density at radius 2 is 1.87 bits per heavy atom.